The van der Waals surface area contributed by atoms with Gasteiger partial charge in [0.25, 0.3) is 10.0 Å². The van der Waals surface area contributed by atoms with Crippen molar-refractivity contribution in [2.45, 2.75) is 64.6 Å². The van der Waals surface area contributed by atoms with Gasteiger partial charge in [-0.15, -0.1) is 0 Å². The molecular weight excluding hydrogens is 517 g/mol. The fourth-order valence-electron chi connectivity index (χ4n) is 3.91. The maximum atomic E-state index is 13.9. The molecule has 1 N–H and O–H groups in total. The van der Waals surface area contributed by atoms with Crippen LogP contribution >= 0.6 is 0 Å². The van der Waals surface area contributed by atoms with Crippen LogP contribution in [0.5, 0.6) is 0 Å². The predicted molar refractivity (Wildman–Crippen MR) is 151 cm³/mol. The van der Waals surface area contributed by atoms with Crippen LogP contribution in [0.4, 0.5) is 10.1 Å². The number of sulfonamides is 1. The van der Waals surface area contributed by atoms with E-state index in [1.165, 1.54) is 41.3 Å². The molecule has 3 aromatic rings. The summed E-state index contributed by atoms with van der Waals surface area (Å²) in [4.78, 5) is 28.3. The first-order chi connectivity index (χ1) is 18.4. The third-order valence-electron chi connectivity index (χ3n) is 6.64. The molecule has 0 spiro atoms. The van der Waals surface area contributed by atoms with Gasteiger partial charge in [-0.2, -0.15) is 0 Å². The Hall–Kier alpha value is -3.72. The zero-order chi connectivity index (χ0) is 28.7. The number of rotatable bonds is 11. The van der Waals surface area contributed by atoms with Crippen LogP contribution in [0.3, 0.4) is 0 Å². The van der Waals surface area contributed by atoms with E-state index < -0.39 is 34.3 Å². The Kier molecular flexibility index (Phi) is 9.86. The number of anilines is 1. The van der Waals surface area contributed by atoms with Crippen molar-refractivity contribution >= 4 is 27.5 Å². The van der Waals surface area contributed by atoms with Gasteiger partial charge in [0.05, 0.1) is 10.6 Å². The third-order valence-corrected chi connectivity index (χ3v) is 8.43. The molecule has 39 heavy (non-hydrogen) atoms. The van der Waals surface area contributed by atoms with Crippen LogP contribution in [-0.2, 0) is 26.2 Å². The highest BCUT2D eigenvalue weighted by atomic mass is 32.2. The molecule has 3 aromatic carbocycles. The molecule has 0 aliphatic carbocycles. The predicted octanol–water partition coefficient (Wildman–Crippen LogP) is 4.97. The van der Waals surface area contributed by atoms with E-state index in [-0.39, 0.29) is 23.4 Å². The molecule has 0 heterocycles. The van der Waals surface area contributed by atoms with Gasteiger partial charge in [0.2, 0.25) is 11.8 Å². The Morgan fingerprint density at radius 3 is 1.95 bits per heavy atom. The highest BCUT2D eigenvalue weighted by Crippen LogP contribution is 2.25. The minimum atomic E-state index is -4.12. The van der Waals surface area contributed by atoms with Crippen molar-refractivity contribution in [1.29, 1.82) is 0 Å². The average Bonchev–Trinajstić information content (AvgIpc) is 2.91. The first-order valence-corrected chi connectivity index (χ1v) is 14.4. The molecule has 0 aliphatic heterocycles. The van der Waals surface area contributed by atoms with Crippen LogP contribution in [0.25, 0.3) is 0 Å². The van der Waals surface area contributed by atoms with Crippen molar-refractivity contribution in [3.8, 4) is 0 Å². The van der Waals surface area contributed by atoms with E-state index in [2.05, 4.69) is 5.32 Å². The Morgan fingerprint density at radius 1 is 0.872 bits per heavy atom. The molecule has 9 heteroatoms. The Bertz CT molecular complexity index is 1380. The average molecular weight is 554 g/mol. The molecule has 0 aromatic heterocycles. The smallest absolute Gasteiger partial charge is 0.264 e. The van der Waals surface area contributed by atoms with E-state index in [4.69, 9.17) is 0 Å². The number of nitrogens with one attached hydrogen (secondary N) is 1. The molecular formula is C30H36FN3O4S. The van der Waals surface area contributed by atoms with Gasteiger partial charge in [-0.1, -0.05) is 54.4 Å². The fraction of sp³-hybridized carbons (Fsp3) is 0.333. The first kappa shape index (κ1) is 29.8. The maximum Gasteiger partial charge on any atom is 0.264 e. The summed E-state index contributed by atoms with van der Waals surface area (Å²) in [5.41, 5.74) is 2.77. The molecule has 7 nitrogen and oxygen atoms in total. The molecule has 0 fully saturated rings. The number of amides is 2. The lowest BCUT2D eigenvalue weighted by molar-refractivity contribution is -0.139. The SMILES string of the molecule is CC[C@@H](C)NC(=O)[C@@H](C)N(Cc1ccc(F)cc1)C(=O)CN(c1ccc(C)cc1)S(=O)(=O)c1ccc(C)cc1. The second kappa shape index (κ2) is 12.9. The van der Waals surface area contributed by atoms with Gasteiger partial charge in [-0.05, 0) is 76.1 Å². The maximum absolute atomic E-state index is 13.9. The van der Waals surface area contributed by atoms with Gasteiger partial charge in [0, 0.05) is 12.6 Å². The van der Waals surface area contributed by atoms with E-state index in [9.17, 15) is 22.4 Å². The van der Waals surface area contributed by atoms with E-state index >= 15 is 0 Å². The number of nitrogens with zero attached hydrogens (tertiary/aromatic N) is 2. The third kappa shape index (κ3) is 7.66. The second-order valence-corrected chi connectivity index (χ2v) is 11.7. The Labute approximate surface area is 230 Å². The number of hydrogen-bond donors (Lipinski definition) is 1. The lowest BCUT2D eigenvalue weighted by Gasteiger charge is -2.32. The van der Waals surface area contributed by atoms with Crippen molar-refractivity contribution < 1.29 is 22.4 Å². The first-order valence-electron chi connectivity index (χ1n) is 12.9. The lowest BCUT2D eigenvalue weighted by atomic mass is 10.1. The van der Waals surface area contributed by atoms with Gasteiger partial charge in [0.15, 0.2) is 0 Å². The Morgan fingerprint density at radius 2 is 1.41 bits per heavy atom. The topological polar surface area (TPSA) is 86.8 Å². The molecule has 3 rings (SSSR count). The molecule has 0 bridgehead atoms. The zero-order valence-electron chi connectivity index (χ0n) is 23.0. The summed E-state index contributed by atoms with van der Waals surface area (Å²) in [6.45, 7) is 8.62. The van der Waals surface area contributed by atoms with Crippen molar-refractivity contribution in [3.05, 3.63) is 95.3 Å². The summed E-state index contributed by atoms with van der Waals surface area (Å²) in [5, 5.41) is 2.89. The fourth-order valence-corrected chi connectivity index (χ4v) is 5.33. The summed E-state index contributed by atoms with van der Waals surface area (Å²) in [6.07, 6.45) is 0.709. The highest BCUT2D eigenvalue weighted by Gasteiger charge is 2.32. The van der Waals surface area contributed by atoms with E-state index in [1.807, 2.05) is 27.7 Å². The summed E-state index contributed by atoms with van der Waals surface area (Å²) < 4.78 is 42.2. The van der Waals surface area contributed by atoms with Crippen LogP contribution in [0, 0.1) is 19.7 Å². The molecule has 0 unspecified atom stereocenters. The highest BCUT2D eigenvalue weighted by molar-refractivity contribution is 7.92. The van der Waals surface area contributed by atoms with Crippen molar-refractivity contribution in [2.24, 2.45) is 0 Å². The van der Waals surface area contributed by atoms with Crippen LogP contribution < -0.4 is 9.62 Å². The van der Waals surface area contributed by atoms with Gasteiger partial charge in [-0.3, -0.25) is 13.9 Å². The summed E-state index contributed by atoms with van der Waals surface area (Å²) in [7, 11) is -4.12. The molecule has 0 aliphatic rings. The largest absolute Gasteiger partial charge is 0.352 e. The molecule has 0 saturated heterocycles. The van der Waals surface area contributed by atoms with Crippen molar-refractivity contribution in [1.82, 2.24) is 10.2 Å². The van der Waals surface area contributed by atoms with Crippen LogP contribution in [0.2, 0.25) is 0 Å². The normalized spacial score (nSPS) is 12.9. The summed E-state index contributed by atoms with van der Waals surface area (Å²) in [6, 6.07) is 17.9. The number of aryl methyl sites for hydroxylation is 2. The number of carbonyl (C=O) groups is 2. The number of carbonyl (C=O) groups excluding carboxylic acids is 2. The number of halogens is 1. The molecule has 2 atom stereocenters. The molecule has 208 valence electrons. The monoisotopic (exact) mass is 553 g/mol. The number of hydrogen-bond acceptors (Lipinski definition) is 4. The number of benzene rings is 3. The van der Waals surface area contributed by atoms with E-state index in [1.54, 1.807) is 43.3 Å². The summed E-state index contributed by atoms with van der Waals surface area (Å²) >= 11 is 0. The quantitative estimate of drug-likeness (QED) is 0.363. The van der Waals surface area contributed by atoms with E-state index in [0.29, 0.717) is 17.7 Å². The van der Waals surface area contributed by atoms with E-state index in [0.717, 1.165) is 15.4 Å². The lowest BCUT2D eigenvalue weighted by Crippen LogP contribution is -2.52. The minimum absolute atomic E-state index is 0.000519. The Balaban J connectivity index is 2.01. The van der Waals surface area contributed by atoms with Crippen molar-refractivity contribution in [2.75, 3.05) is 10.8 Å². The van der Waals surface area contributed by atoms with Gasteiger partial charge < -0.3 is 10.2 Å². The molecule has 0 saturated carbocycles. The molecule has 2 amide bonds. The van der Waals surface area contributed by atoms with Crippen LogP contribution in [0.1, 0.15) is 43.9 Å². The van der Waals surface area contributed by atoms with Crippen LogP contribution in [-0.4, -0.2) is 43.8 Å². The molecule has 0 radical (unpaired) electrons. The second-order valence-electron chi connectivity index (χ2n) is 9.80. The zero-order valence-corrected chi connectivity index (χ0v) is 23.8. The minimum Gasteiger partial charge on any atom is -0.352 e. The van der Waals surface area contributed by atoms with Gasteiger partial charge in [-0.25, -0.2) is 12.8 Å². The van der Waals surface area contributed by atoms with Gasteiger partial charge >= 0.3 is 0 Å². The standard InChI is InChI=1S/C30H36FN3O4S/c1-6-23(4)32-30(36)24(5)33(19-25-11-13-26(31)14-12-25)29(35)20-34(27-15-7-21(2)8-16-27)39(37,38)28-17-9-22(3)10-18-28/h7-18,23-24H,6,19-20H2,1-5H3,(H,32,36)/t23-,24-/m1/s1. The summed E-state index contributed by atoms with van der Waals surface area (Å²) in [5.74, 6) is -1.35. The van der Waals surface area contributed by atoms with Crippen molar-refractivity contribution in [3.63, 3.8) is 0 Å². The van der Waals surface area contributed by atoms with Crippen LogP contribution in [0.15, 0.2) is 77.7 Å². The van der Waals surface area contributed by atoms with Gasteiger partial charge in [0.1, 0.15) is 18.4 Å².